The molecule has 6 aromatic carbocycles. The third-order valence-electron chi connectivity index (χ3n) is 9.93. The zero-order valence-electron chi connectivity index (χ0n) is 26.3. The zero-order valence-corrected chi connectivity index (χ0v) is 27.1. The molecule has 0 saturated carbocycles. The van der Waals surface area contributed by atoms with Crippen LogP contribution in [0.1, 0.15) is 18.6 Å². The van der Waals surface area contributed by atoms with Gasteiger partial charge in [-0.05, 0) is 76.1 Å². The minimum absolute atomic E-state index is 0.0489. The Morgan fingerprint density at radius 1 is 0.667 bits per heavy atom. The van der Waals surface area contributed by atoms with Gasteiger partial charge in [-0.25, -0.2) is 0 Å². The van der Waals surface area contributed by atoms with E-state index in [-0.39, 0.29) is 6.71 Å². The Morgan fingerprint density at radius 2 is 1.46 bits per heavy atom. The third-order valence-corrected chi connectivity index (χ3v) is 11.2. The van der Waals surface area contributed by atoms with E-state index in [1.165, 1.54) is 48.3 Å². The lowest BCUT2D eigenvalue weighted by molar-refractivity contribution is 0.586. The van der Waals surface area contributed by atoms with Gasteiger partial charge in [-0.1, -0.05) is 145 Å². The van der Waals surface area contributed by atoms with Crippen molar-refractivity contribution in [3.05, 3.63) is 164 Å². The summed E-state index contributed by atoms with van der Waals surface area (Å²) in [5, 5.41) is 2.51. The first-order chi connectivity index (χ1) is 23.8. The molecule has 0 amide bonds. The molecule has 0 fully saturated rings. The van der Waals surface area contributed by atoms with Crippen molar-refractivity contribution in [2.75, 3.05) is 4.90 Å². The van der Waals surface area contributed by atoms with Crippen molar-refractivity contribution in [3.8, 4) is 22.3 Å². The van der Waals surface area contributed by atoms with E-state index in [1.807, 2.05) is 11.8 Å². The SMILES string of the molecule is C1=CC(c2oc3c(c2-c2ccccc2)N(c2ccccc2)c2cccc4c2B3c2cccc(-c3ccc5ccccc5c3)c2S4)=CCC1. The Balaban J connectivity index is 1.28. The van der Waals surface area contributed by atoms with Crippen molar-refractivity contribution in [2.45, 2.75) is 22.6 Å². The van der Waals surface area contributed by atoms with Crippen LogP contribution in [0.2, 0.25) is 0 Å². The molecule has 0 atom stereocenters. The van der Waals surface area contributed by atoms with Gasteiger partial charge < -0.3 is 9.32 Å². The lowest BCUT2D eigenvalue weighted by Crippen LogP contribution is -2.59. The number of anilines is 3. The molecular formula is C44H30BNOS. The Labute approximate surface area is 285 Å². The van der Waals surface area contributed by atoms with E-state index >= 15 is 0 Å². The van der Waals surface area contributed by atoms with Gasteiger partial charge in [0.05, 0.1) is 16.9 Å². The summed E-state index contributed by atoms with van der Waals surface area (Å²) in [5.41, 5.74) is 13.1. The quantitative estimate of drug-likeness (QED) is 0.180. The van der Waals surface area contributed by atoms with Crippen molar-refractivity contribution in [2.24, 2.45) is 0 Å². The lowest BCUT2D eigenvalue weighted by Gasteiger charge is -2.38. The van der Waals surface area contributed by atoms with Gasteiger partial charge in [0.1, 0.15) is 5.76 Å². The van der Waals surface area contributed by atoms with E-state index in [2.05, 4.69) is 163 Å². The summed E-state index contributed by atoms with van der Waals surface area (Å²) in [7, 11) is 0. The fourth-order valence-electron chi connectivity index (χ4n) is 7.81. The first-order valence-electron chi connectivity index (χ1n) is 16.7. The second-order valence-electron chi connectivity index (χ2n) is 12.7. The second-order valence-corrected chi connectivity index (χ2v) is 13.8. The number of rotatable bonds is 4. The van der Waals surface area contributed by atoms with Crippen molar-refractivity contribution >= 4 is 68.5 Å². The maximum atomic E-state index is 7.32. The monoisotopic (exact) mass is 631 g/mol. The van der Waals surface area contributed by atoms with E-state index < -0.39 is 0 Å². The molecule has 3 heterocycles. The van der Waals surface area contributed by atoms with Gasteiger partial charge >= 0.3 is 0 Å². The van der Waals surface area contributed by atoms with Gasteiger partial charge in [-0.15, -0.1) is 0 Å². The minimum Gasteiger partial charge on any atom is -0.467 e. The van der Waals surface area contributed by atoms with Crippen LogP contribution in [0.4, 0.5) is 17.1 Å². The van der Waals surface area contributed by atoms with E-state index in [4.69, 9.17) is 4.42 Å². The minimum atomic E-state index is -0.0489. The number of furan rings is 1. The highest BCUT2D eigenvalue weighted by atomic mass is 32.2. The molecule has 7 aromatic rings. The number of nitrogens with zero attached hydrogens (tertiary/aromatic N) is 1. The van der Waals surface area contributed by atoms with Crippen LogP contribution in [-0.2, 0) is 0 Å². The highest BCUT2D eigenvalue weighted by Crippen LogP contribution is 2.49. The Morgan fingerprint density at radius 3 is 2.29 bits per heavy atom. The van der Waals surface area contributed by atoms with Crippen LogP contribution in [-0.4, -0.2) is 6.71 Å². The molecule has 48 heavy (non-hydrogen) atoms. The molecule has 0 bridgehead atoms. The van der Waals surface area contributed by atoms with Crippen LogP contribution in [0, 0.1) is 0 Å². The summed E-state index contributed by atoms with van der Waals surface area (Å²) >= 11 is 1.89. The van der Waals surface area contributed by atoms with Crippen molar-refractivity contribution in [3.63, 3.8) is 0 Å². The summed E-state index contributed by atoms with van der Waals surface area (Å²) in [4.78, 5) is 5.03. The molecule has 0 spiro atoms. The van der Waals surface area contributed by atoms with Gasteiger partial charge in [-0.2, -0.15) is 0 Å². The molecule has 10 rings (SSSR count). The first kappa shape index (κ1) is 27.6. The van der Waals surface area contributed by atoms with E-state index in [9.17, 15) is 0 Å². The predicted octanol–water partition coefficient (Wildman–Crippen LogP) is 10.3. The fraction of sp³-hybridized carbons (Fsp3) is 0.0455. The van der Waals surface area contributed by atoms with Gasteiger partial charge in [-0.3, -0.25) is 0 Å². The van der Waals surface area contributed by atoms with E-state index in [0.29, 0.717) is 0 Å². The highest BCUT2D eigenvalue weighted by molar-refractivity contribution is 8.00. The number of hydrogen-bond donors (Lipinski definition) is 0. The number of hydrogen-bond acceptors (Lipinski definition) is 3. The molecule has 2 nitrogen and oxygen atoms in total. The maximum absolute atomic E-state index is 7.32. The molecule has 0 N–H and O–H groups in total. The van der Waals surface area contributed by atoms with Crippen molar-refractivity contribution in [1.82, 2.24) is 0 Å². The van der Waals surface area contributed by atoms with Crippen LogP contribution < -0.4 is 21.5 Å². The van der Waals surface area contributed by atoms with Gasteiger partial charge in [0.2, 0.25) is 0 Å². The summed E-state index contributed by atoms with van der Waals surface area (Å²) in [5.74, 6) is 0.947. The Kier molecular flexibility index (Phi) is 6.38. The Bertz CT molecular complexity index is 2440. The highest BCUT2D eigenvalue weighted by Gasteiger charge is 2.46. The summed E-state index contributed by atoms with van der Waals surface area (Å²) in [6.45, 7) is -0.0489. The summed E-state index contributed by atoms with van der Waals surface area (Å²) in [6, 6.07) is 50.7. The largest absolute Gasteiger partial charge is 0.467 e. The predicted molar refractivity (Wildman–Crippen MR) is 203 cm³/mol. The molecule has 2 aliphatic heterocycles. The molecule has 0 unspecified atom stereocenters. The van der Waals surface area contributed by atoms with Crippen LogP contribution in [0.3, 0.4) is 0 Å². The fourth-order valence-corrected chi connectivity index (χ4v) is 9.10. The van der Waals surface area contributed by atoms with E-state index in [1.54, 1.807) is 0 Å². The van der Waals surface area contributed by atoms with Gasteiger partial charge in [0.15, 0.2) is 0 Å². The van der Waals surface area contributed by atoms with E-state index in [0.717, 1.165) is 52.3 Å². The van der Waals surface area contributed by atoms with Crippen molar-refractivity contribution in [1.29, 1.82) is 0 Å². The summed E-state index contributed by atoms with van der Waals surface area (Å²) in [6.07, 6.45) is 8.92. The van der Waals surface area contributed by atoms with Crippen molar-refractivity contribution < 1.29 is 4.42 Å². The zero-order chi connectivity index (χ0) is 31.6. The third kappa shape index (κ3) is 4.22. The average Bonchev–Trinajstić information content (AvgIpc) is 3.56. The van der Waals surface area contributed by atoms with Crippen LogP contribution in [0.5, 0.6) is 0 Å². The number of para-hydroxylation sites is 1. The second kappa shape index (κ2) is 11.1. The van der Waals surface area contributed by atoms with Gasteiger partial charge in [0.25, 0.3) is 6.71 Å². The molecule has 0 radical (unpaired) electrons. The topological polar surface area (TPSA) is 16.4 Å². The number of allylic oxidation sites excluding steroid dienone is 4. The molecule has 1 aliphatic carbocycles. The standard InChI is InChI=1S/C44H30BNOS/c1-4-15-30(16-5-1)39-41-44(47-42(39)31-17-6-2-7-18-31)45-36-23-12-22-35(33-27-26-29-14-10-11-19-32(29)28-33)43(36)48-38-25-13-24-37(40(38)45)46(41)34-20-8-3-9-21-34/h1,3-6,8-28H,2,7H2. The normalized spacial score (nSPS) is 14.4. The lowest BCUT2D eigenvalue weighted by atomic mass is 9.37. The summed E-state index contributed by atoms with van der Waals surface area (Å²) < 4.78 is 7.32. The molecule has 3 aliphatic rings. The molecule has 1 aromatic heterocycles. The average molecular weight is 632 g/mol. The van der Waals surface area contributed by atoms with Crippen LogP contribution in [0.15, 0.2) is 172 Å². The number of fused-ring (bicyclic) bond motifs is 5. The molecule has 4 heteroatoms. The molecule has 226 valence electrons. The smallest absolute Gasteiger partial charge is 0.295 e. The first-order valence-corrected chi connectivity index (χ1v) is 17.5. The van der Waals surface area contributed by atoms with Crippen LogP contribution >= 0.6 is 11.8 Å². The van der Waals surface area contributed by atoms with Gasteiger partial charge in [0, 0.05) is 26.7 Å². The maximum Gasteiger partial charge on any atom is 0.295 e. The van der Waals surface area contributed by atoms with Crippen LogP contribution in [0.25, 0.3) is 38.6 Å². The number of benzene rings is 6. The molecule has 0 saturated heterocycles. The Hall–Kier alpha value is -5.45. The molecular weight excluding hydrogens is 601 g/mol.